The lowest BCUT2D eigenvalue weighted by molar-refractivity contribution is 0.679. The Hall–Kier alpha value is -2.07. The molecule has 0 amide bonds. The SMILES string of the molecule is O=c1c(NCCC2=CCCCC2)nccn1-c1cccc(Cl)c1. The van der Waals surface area contributed by atoms with Gasteiger partial charge in [0.15, 0.2) is 5.82 Å². The van der Waals surface area contributed by atoms with Crippen LogP contribution in [-0.2, 0) is 0 Å². The molecule has 4 nitrogen and oxygen atoms in total. The highest BCUT2D eigenvalue weighted by molar-refractivity contribution is 6.30. The largest absolute Gasteiger partial charge is 0.365 e. The highest BCUT2D eigenvalue weighted by atomic mass is 35.5. The van der Waals surface area contributed by atoms with Crippen LogP contribution in [0.25, 0.3) is 5.69 Å². The number of nitrogens with zero attached hydrogens (tertiary/aromatic N) is 2. The summed E-state index contributed by atoms with van der Waals surface area (Å²) < 4.78 is 1.56. The summed E-state index contributed by atoms with van der Waals surface area (Å²) in [7, 11) is 0. The fourth-order valence-electron chi connectivity index (χ4n) is 2.84. The quantitative estimate of drug-likeness (QED) is 0.837. The van der Waals surface area contributed by atoms with E-state index in [9.17, 15) is 4.79 Å². The van der Waals surface area contributed by atoms with Gasteiger partial charge in [-0.3, -0.25) is 9.36 Å². The zero-order valence-electron chi connectivity index (χ0n) is 13.0. The number of allylic oxidation sites excluding steroid dienone is 1. The Kier molecular flexibility index (Phi) is 5.13. The molecule has 120 valence electrons. The summed E-state index contributed by atoms with van der Waals surface area (Å²) in [5.41, 5.74) is 2.06. The van der Waals surface area contributed by atoms with Gasteiger partial charge in [0, 0.05) is 24.0 Å². The van der Waals surface area contributed by atoms with E-state index in [4.69, 9.17) is 11.6 Å². The standard InChI is InChI=1S/C18H20ClN3O/c19-15-7-4-8-16(13-15)22-12-11-21-17(18(22)23)20-10-9-14-5-2-1-3-6-14/h4-5,7-8,11-13H,1-3,6,9-10H2,(H,20,21). The number of halogens is 1. The highest BCUT2D eigenvalue weighted by Gasteiger charge is 2.08. The van der Waals surface area contributed by atoms with Crippen LogP contribution < -0.4 is 10.9 Å². The molecule has 1 aromatic heterocycles. The normalized spacial score (nSPS) is 14.4. The second-order valence-corrected chi connectivity index (χ2v) is 6.15. The van der Waals surface area contributed by atoms with Crippen molar-refractivity contribution in [2.75, 3.05) is 11.9 Å². The second-order valence-electron chi connectivity index (χ2n) is 5.72. The van der Waals surface area contributed by atoms with Crippen molar-refractivity contribution in [3.63, 3.8) is 0 Å². The summed E-state index contributed by atoms with van der Waals surface area (Å²) in [5, 5.41) is 3.77. The number of benzene rings is 1. The molecule has 3 rings (SSSR count). The molecule has 2 aromatic rings. The zero-order valence-corrected chi connectivity index (χ0v) is 13.7. The average Bonchev–Trinajstić information content (AvgIpc) is 2.57. The smallest absolute Gasteiger partial charge is 0.297 e. The molecule has 1 N–H and O–H groups in total. The molecule has 0 fully saturated rings. The lowest BCUT2D eigenvalue weighted by atomic mass is 9.97. The minimum Gasteiger partial charge on any atom is -0.365 e. The molecule has 0 atom stereocenters. The molecule has 1 aliphatic rings. The molecular formula is C18H20ClN3O. The molecule has 0 radical (unpaired) electrons. The Labute approximate surface area is 140 Å². The number of aromatic nitrogens is 2. The van der Waals surface area contributed by atoms with Crippen molar-refractivity contribution >= 4 is 17.4 Å². The maximum atomic E-state index is 12.5. The van der Waals surface area contributed by atoms with E-state index in [0.29, 0.717) is 10.8 Å². The molecule has 0 aliphatic heterocycles. The Morgan fingerprint density at radius 3 is 3.00 bits per heavy atom. The molecule has 1 heterocycles. The number of anilines is 1. The van der Waals surface area contributed by atoms with Gasteiger partial charge in [-0.05, 0) is 50.3 Å². The van der Waals surface area contributed by atoms with Crippen molar-refractivity contribution in [1.82, 2.24) is 9.55 Å². The van der Waals surface area contributed by atoms with E-state index >= 15 is 0 Å². The van der Waals surface area contributed by atoms with Crippen molar-refractivity contribution < 1.29 is 0 Å². The van der Waals surface area contributed by atoms with E-state index in [1.165, 1.54) is 31.3 Å². The summed E-state index contributed by atoms with van der Waals surface area (Å²) >= 11 is 6.00. The van der Waals surface area contributed by atoms with Crippen molar-refractivity contribution in [1.29, 1.82) is 0 Å². The number of hydrogen-bond acceptors (Lipinski definition) is 3. The summed E-state index contributed by atoms with van der Waals surface area (Å²) in [5.74, 6) is 0.379. The van der Waals surface area contributed by atoms with Gasteiger partial charge in [-0.15, -0.1) is 0 Å². The summed E-state index contributed by atoms with van der Waals surface area (Å²) in [6.45, 7) is 0.730. The first-order valence-corrected chi connectivity index (χ1v) is 8.37. The molecule has 0 saturated heterocycles. The average molecular weight is 330 g/mol. The molecule has 1 aliphatic carbocycles. The van der Waals surface area contributed by atoms with E-state index in [-0.39, 0.29) is 5.56 Å². The van der Waals surface area contributed by atoms with Crippen LogP contribution in [0.15, 0.2) is 53.1 Å². The number of nitrogens with one attached hydrogen (secondary N) is 1. The fraction of sp³-hybridized carbons (Fsp3) is 0.333. The van der Waals surface area contributed by atoms with E-state index in [1.807, 2.05) is 12.1 Å². The van der Waals surface area contributed by atoms with Crippen LogP contribution in [0, 0.1) is 0 Å². The number of rotatable bonds is 5. The third kappa shape index (κ3) is 4.02. The minimum atomic E-state index is -0.160. The maximum absolute atomic E-state index is 12.5. The summed E-state index contributed by atoms with van der Waals surface area (Å²) in [4.78, 5) is 16.7. The summed E-state index contributed by atoms with van der Waals surface area (Å²) in [6.07, 6.45) is 11.5. The molecule has 0 unspecified atom stereocenters. The lowest BCUT2D eigenvalue weighted by Gasteiger charge is -2.13. The van der Waals surface area contributed by atoms with Crippen LogP contribution in [0.5, 0.6) is 0 Å². The highest BCUT2D eigenvalue weighted by Crippen LogP contribution is 2.19. The molecular weight excluding hydrogens is 310 g/mol. The summed E-state index contributed by atoms with van der Waals surface area (Å²) in [6, 6.07) is 7.23. The fourth-order valence-corrected chi connectivity index (χ4v) is 3.02. The molecule has 1 aromatic carbocycles. The van der Waals surface area contributed by atoms with Crippen LogP contribution in [0.3, 0.4) is 0 Å². The van der Waals surface area contributed by atoms with Crippen LogP contribution in [0.1, 0.15) is 32.1 Å². The van der Waals surface area contributed by atoms with Crippen molar-refractivity contribution in [3.8, 4) is 5.69 Å². The van der Waals surface area contributed by atoms with Gasteiger partial charge in [0.05, 0.1) is 5.69 Å². The van der Waals surface area contributed by atoms with Gasteiger partial charge in [0.25, 0.3) is 5.56 Å². The van der Waals surface area contributed by atoms with Crippen LogP contribution in [0.4, 0.5) is 5.82 Å². The van der Waals surface area contributed by atoms with Crippen molar-refractivity contribution in [2.24, 2.45) is 0 Å². The van der Waals surface area contributed by atoms with Crippen LogP contribution in [0.2, 0.25) is 5.02 Å². The van der Waals surface area contributed by atoms with Gasteiger partial charge >= 0.3 is 0 Å². The third-order valence-corrected chi connectivity index (χ3v) is 4.29. The van der Waals surface area contributed by atoms with Crippen molar-refractivity contribution in [2.45, 2.75) is 32.1 Å². The number of hydrogen-bond donors (Lipinski definition) is 1. The van der Waals surface area contributed by atoms with Gasteiger partial charge < -0.3 is 5.32 Å². The Morgan fingerprint density at radius 1 is 1.30 bits per heavy atom. The van der Waals surface area contributed by atoms with E-state index in [1.54, 1.807) is 29.1 Å². The molecule has 23 heavy (non-hydrogen) atoms. The molecule has 5 heteroatoms. The van der Waals surface area contributed by atoms with Crippen LogP contribution >= 0.6 is 11.6 Å². The first-order valence-electron chi connectivity index (χ1n) is 7.99. The third-order valence-electron chi connectivity index (χ3n) is 4.05. The van der Waals surface area contributed by atoms with E-state index in [0.717, 1.165) is 18.7 Å². The second kappa shape index (κ2) is 7.47. The lowest BCUT2D eigenvalue weighted by Crippen LogP contribution is -2.23. The Bertz CT molecular complexity index is 767. The van der Waals surface area contributed by atoms with Gasteiger partial charge in [0.1, 0.15) is 0 Å². The predicted molar refractivity (Wildman–Crippen MR) is 94.5 cm³/mol. The van der Waals surface area contributed by atoms with Crippen LogP contribution in [-0.4, -0.2) is 16.1 Å². The minimum absolute atomic E-state index is 0.160. The van der Waals surface area contributed by atoms with Gasteiger partial charge in [-0.2, -0.15) is 0 Å². The van der Waals surface area contributed by atoms with Gasteiger partial charge in [-0.1, -0.05) is 29.3 Å². The molecule has 0 bridgehead atoms. The van der Waals surface area contributed by atoms with Crippen molar-refractivity contribution in [3.05, 3.63) is 63.7 Å². The first kappa shape index (κ1) is 15.8. The predicted octanol–water partition coefficient (Wildman–Crippen LogP) is 4.19. The topological polar surface area (TPSA) is 46.9 Å². The Balaban J connectivity index is 1.72. The Morgan fingerprint density at radius 2 is 2.22 bits per heavy atom. The first-order chi connectivity index (χ1) is 11.2. The monoisotopic (exact) mass is 329 g/mol. The van der Waals surface area contributed by atoms with Gasteiger partial charge in [0.2, 0.25) is 0 Å². The zero-order chi connectivity index (χ0) is 16.1. The van der Waals surface area contributed by atoms with Gasteiger partial charge in [-0.25, -0.2) is 4.98 Å². The molecule has 0 saturated carbocycles. The van der Waals surface area contributed by atoms with E-state index in [2.05, 4.69) is 16.4 Å². The molecule has 0 spiro atoms. The van der Waals surface area contributed by atoms with E-state index < -0.39 is 0 Å². The maximum Gasteiger partial charge on any atom is 0.297 e.